The minimum atomic E-state index is -0.254. The van der Waals surface area contributed by atoms with Crippen molar-refractivity contribution in [3.05, 3.63) is 42.0 Å². The Balaban J connectivity index is 1.31. The third-order valence-corrected chi connectivity index (χ3v) is 4.76. The van der Waals surface area contributed by atoms with Gasteiger partial charge in [-0.2, -0.15) is 0 Å². The number of halogens is 1. The molecule has 140 valence electrons. The Labute approximate surface area is 155 Å². The van der Waals surface area contributed by atoms with Gasteiger partial charge in [-0.25, -0.2) is 19.0 Å². The highest BCUT2D eigenvalue weighted by molar-refractivity contribution is 5.86. The Morgan fingerprint density at radius 2 is 2.04 bits per heavy atom. The van der Waals surface area contributed by atoms with Crippen LogP contribution in [0.3, 0.4) is 0 Å². The molecule has 0 bridgehead atoms. The predicted octanol–water partition coefficient (Wildman–Crippen LogP) is 1.18. The largest absolute Gasteiger partial charge is 0.355 e. The monoisotopic (exact) mass is 369 g/mol. The SMILES string of the molecule is CCn1nnc2c(N3CC(C(=O)NCCc4ccc(F)cc4)C3)ncnc21. The summed E-state index contributed by atoms with van der Waals surface area (Å²) in [6.07, 6.45) is 2.18. The lowest BCUT2D eigenvalue weighted by molar-refractivity contribution is -0.125. The molecule has 27 heavy (non-hydrogen) atoms. The summed E-state index contributed by atoms with van der Waals surface area (Å²) in [7, 11) is 0. The standard InChI is InChI=1S/C18H20FN7O/c1-2-26-17-15(23-24-26)16(21-11-22-17)25-9-13(10-25)18(27)20-8-7-12-3-5-14(19)6-4-12/h3-6,11,13H,2,7-10H2,1H3,(H,20,27). The lowest BCUT2D eigenvalue weighted by Crippen LogP contribution is -2.54. The summed E-state index contributed by atoms with van der Waals surface area (Å²) in [5.41, 5.74) is 2.36. The van der Waals surface area contributed by atoms with Crippen LogP contribution in [0.4, 0.5) is 10.2 Å². The molecule has 1 aromatic carbocycles. The maximum absolute atomic E-state index is 12.9. The van der Waals surface area contributed by atoms with Crippen LogP contribution in [-0.2, 0) is 17.8 Å². The van der Waals surface area contributed by atoms with Gasteiger partial charge in [0.25, 0.3) is 0 Å². The molecule has 3 aromatic rings. The third kappa shape index (κ3) is 3.44. The van der Waals surface area contributed by atoms with Crippen molar-refractivity contribution in [3.8, 4) is 0 Å². The van der Waals surface area contributed by atoms with Gasteiger partial charge in [-0.1, -0.05) is 17.3 Å². The fraction of sp³-hybridized carbons (Fsp3) is 0.389. The van der Waals surface area contributed by atoms with Crippen LogP contribution in [0.5, 0.6) is 0 Å². The van der Waals surface area contributed by atoms with Crippen LogP contribution in [0.25, 0.3) is 11.2 Å². The van der Waals surface area contributed by atoms with E-state index >= 15 is 0 Å². The zero-order valence-corrected chi connectivity index (χ0v) is 15.0. The molecular weight excluding hydrogens is 349 g/mol. The Kier molecular flexibility index (Phi) is 4.66. The van der Waals surface area contributed by atoms with E-state index in [1.54, 1.807) is 16.8 Å². The quantitative estimate of drug-likeness (QED) is 0.702. The molecule has 0 saturated carbocycles. The number of carbonyl (C=O) groups is 1. The van der Waals surface area contributed by atoms with Gasteiger partial charge in [0.1, 0.15) is 12.1 Å². The number of nitrogens with one attached hydrogen (secondary N) is 1. The first-order valence-electron chi connectivity index (χ1n) is 8.97. The number of aryl methyl sites for hydroxylation is 1. The van der Waals surface area contributed by atoms with E-state index in [4.69, 9.17) is 0 Å². The van der Waals surface area contributed by atoms with E-state index in [2.05, 4.69) is 25.6 Å². The van der Waals surface area contributed by atoms with E-state index < -0.39 is 0 Å². The van der Waals surface area contributed by atoms with Crippen molar-refractivity contribution in [1.29, 1.82) is 0 Å². The van der Waals surface area contributed by atoms with Crippen LogP contribution in [0, 0.1) is 11.7 Å². The normalized spacial score (nSPS) is 14.4. The summed E-state index contributed by atoms with van der Waals surface area (Å²) in [4.78, 5) is 22.9. The van der Waals surface area contributed by atoms with E-state index in [1.165, 1.54) is 18.5 Å². The fourth-order valence-electron chi connectivity index (χ4n) is 3.17. The molecule has 4 rings (SSSR count). The summed E-state index contributed by atoms with van der Waals surface area (Å²) in [5.74, 6) is 0.408. The Morgan fingerprint density at radius 1 is 1.26 bits per heavy atom. The Morgan fingerprint density at radius 3 is 2.78 bits per heavy atom. The minimum absolute atomic E-state index is 0.0240. The van der Waals surface area contributed by atoms with E-state index in [9.17, 15) is 9.18 Å². The number of benzene rings is 1. The molecule has 1 fully saturated rings. The number of hydrogen-bond donors (Lipinski definition) is 1. The van der Waals surface area contributed by atoms with Gasteiger partial charge in [-0.05, 0) is 31.0 Å². The second-order valence-electron chi connectivity index (χ2n) is 6.54. The van der Waals surface area contributed by atoms with Crippen molar-refractivity contribution in [2.75, 3.05) is 24.5 Å². The second kappa shape index (κ2) is 7.26. The van der Waals surface area contributed by atoms with Gasteiger partial charge in [0.15, 0.2) is 17.0 Å². The molecule has 1 saturated heterocycles. The molecule has 0 atom stereocenters. The molecule has 1 N–H and O–H groups in total. The number of hydrogen-bond acceptors (Lipinski definition) is 6. The van der Waals surface area contributed by atoms with Gasteiger partial charge in [0.2, 0.25) is 5.91 Å². The number of anilines is 1. The van der Waals surface area contributed by atoms with E-state index in [0.717, 1.165) is 11.4 Å². The van der Waals surface area contributed by atoms with Crippen LogP contribution in [0.1, 0.15) is 12.5 Å². The number of carbonyl (C=O) groups excluding carboxylic acids is 1. The van der Waals surface area contributed by atoms with Crippen molar-refractivity contribution >= 4 is 22.9 Å². The third-order valence-electron chi connectivity index (χ3n) is 4.76. The summed E-state index contributed by atoms with van der Waals surface area (Å²) >= 11 is 0. The molecule has 1 aliphatic heterocycles. The van der Waals surface area contributed by atoms with Crippen LogP contribution in [0.15, 0.2) is 30.6 Å². The number of nitrogens with zero attached hydrogens (tertiary/aromatic N) is 6. The van der Waals surface area contributed by atoms with Gasteiger partial charge in [0, 0.05) is 26.2 Å². The molecule has 0 spiro atoms. The maximum atomic E-state index is 12.9. The number of amides is 1. The number of rotatable bonds is 6. The lowest BCUT2D eigenvalue weighted by Gasteiger charge is -2.38. The topological polar surface area (TPSA) is 88.8 Å². The summed E-state index contributed by atoms with van der Waals surface area (Å²) in [5, 5.41) is 11.2. The van der Waals surface area contributed by atoms with Gasteiger partial charge < -0.3 is 10.2 Å². The van der Waals surface area contributed by atoms with Gasteiger partial charge in [-0.3, -0.25) is 4.79 Å². The first-order valence-corrected chi connectivity index (χ1v) is 8.97. The molecule has 2 aromatic heterocycles. The Bertz CT molecular complexity index is 950. The van der Waals surface area contributed by atoms with Crippen LogP contribution in [0.2, 0.25) is 0 Å². The summed E-state index contributed by atoms with van der Waals surface area (Å²) in [6, 6.07) is 6.32. The van der Waals surface area contributed by atoms with Crippen molar-refractivity contribution in [1.82, 2.24) is 30.3 Å². The van der Waals surface area contributed by atoms with Crippen molar-refractivity contribution in [2.24, 2.45) is 5.92 Å². The van der Waals surface area contributed by atoms with Crippen LogP contribution < -0.4 is 10.2 Å². The first kappa shape index (κ1) is 17.3. The van der Waals surface area contributed by atoms with Gasteiger partial charge in [-0.15, -0.1) is 5.10 Å². The number of aromatic nitrogens is 5. The molecule has 0 aliphatic carbocycles. The molecule has 1 amide bonds. The van der Waals surface area contributed by atoms with Crippen LogP contribution in [-0.4, -0.2) is 50.5 Å². The summed E-state index contributed by atoms with van der Waals surface area (Å²) < 4.78 is 14.6. The molecule has 3 heterocycles. The maximum Gasteiger partial charge on any atom is 0.226 e. The lowest BCUT2D eigenvalue weighted by atomic mass is 9.99. The highest BCUT2D eigenvalue weighted by Gasteiger charge is 2.34. The van der Waals surface area contributed by atoms with E-state index in [1.807, 2.05) is 11.8 Å². The minimum Gasteiger partial charge on any atom is -0.355 e. The smallest absolute Gasteiger partial charge is 0.226 e. The van der Waals surface area contributed by atoms with Crippen LogP contribution >= 0.6 is 0 Å². The van der Waals surface area contributed by atoms with Crippen molar-refractivity contribution < 1.29 is 9.18 Å². The molecular formula is C18H20FN7O. The van der Waals surface area contributed by atoms with Crippen molar-refractivity contribution in [3.63, 3.8) is 0 Å². The molecule has 0 unspecified atom stereocenters. The predicted molar refractivity (Wildman–Crippen MR) is 97.6 cm³/mol. The van der Waals surface area contributed by atoms with Gasteiger partial charge in [0.05, 0.1) is 5.92 Å². The average molecular weight is 369 g/mol. The van der Waals surface area contributed by atoms with Gasteiger partial charge >= 0.3 is 0 Å². The molecule has 0 radical (unpaired) electrons. The molecule has 8 nitrogen and oxygen atoms in total. The number of fused-ring (bicyclic) bond motifs is 1. The zero-order chi connectivity index (χ0) is 18.8. The first-order chi connectivity index (χ1) is 13.2. The van der Waals surface area contributed by atoms with E-state index in [-0.39, 0.29) is 17.6 Å². The highest BCUT2D eigenvalue weighted by atomic mass is 19.1. The molecule has 1 aliphatic rings. The molecule has 9 heteroatoms. The second-order valence-corrected chi connectivity index (χ2v) is 6.54. The van der Waals surface area contributed by atoms with Crippen molar-refractivity contribution in [2.45, 2.75) is 19.9 Å². The zero-order valence-electron chi connectivity index (χ0n) is 15.0. The summed E-state index contributed by atoms with van der Waals surface area (Å²) in [6.45, 7) is 4.38. The Hall–Kier alpha value is -3.10. The highest BCUT2D eigenvalue weighted by Crippen LogP contribution is 2.27. The fourth-order valence-corrected chi connectivity index (χ4v) is 3.17. The van der Waals surface area contributed by atoms with E-state index in [0.29, 0.717) is 43.8 Å². The average Bonchev–Trinajstić information content (AvgIpc) is 3.06.